The fourth-order valence-corrected chi connectivity index (χ4v) is 5.83. The molecular formula is C30H36FN3O5. The zero-order valence-electron chi connectivity index (χ0n) is 22.3. The first-order chi connectivity index (χ1) is 18.9. The second-order valence-corrected chi connectivity index (χ2v) is 10.8. The molecule has 1 saturated carbocycles. The van der Waals surface area contributed by atoms with Gasteiger partial charge >= 0.3 is 0 Å². The lowest BCUT2D eigenvalue weighted by atomic mass is 9.88. The Balaban J connectivity index is 1.20. The lowest BCUT2D eigenvalue weighted by Crippen LogP contribution is -2.53. The number of halogens is 1. The summed E-state index contributed by atoms with van der Waals surface area (Å²) in [6.45, 7) is 0.348. The summed E-state index contributed by atoms with van der Waals surface area (Å²) in [5, 5.41) is 5.75. The minimum absolute atomic E-state index is 0.00643. The third kappa shape index (κ3) is 6.41. The van der Waals surface area contributed by atoms with E-state index in [0.29, 0.717) is 35.4 Å². The number of carbonyl (C=O) groups is 3. The van der Waals surface area contributed by atoms with Gasteiger partial charge in [0.05, 0.1) is 24.1 Å². The quantitative estimate of drug-likeness (QED) is 0.568. The van der Waals surface area contributed by atoms with Gasteiger partial charge in [0.15, 0.2) is 0 Å². The van der Waals surface area contributed by atoms with Gasteiger partial charge in [-0.05, 0) is 49.9 Å². The van der Waals surface area contributed by atoms with Gasteiger partial charge in [-0.25, -0.2) is 4.39 Å². The molecular weight excluding hydrogens is 501 g/mol. The molecule has 1 saturated heterocycles. The molecule has 3 aliphatic rings. The topological polar surface area (TPSA) is 97.0 Å². The Morgan fingerprint density at radius 3 is 2.64 bits per heavy atom. The van der Waals surface area contributed by atoms with Gasteiger partial charge in [-0.3, -0.25) is 14.4 Å². The first-order valence-electron chi connectivity index (χ1n) is 13.9. The van der Waals surface area contributed by atoms with Crippen LogP contribution in [0, 0.1) is 11.7 Å². The van der Waals surface area contributed by atoms with Crippen LogP contribution >= 0.6 is 0 Å². The number of nitrogens with zero attached hydrogens (tertiary/aromatic N) is 1. The highest BCUT2D eigenvalue weighted by Crippen LogP contribution is 2.33. The lowest BCUT2D eigenvalue weighted by molar-refractivity contribution is -0.134. The fourth-order valence-electron chi connectivity index (χ4n) is 5.83. The molecule has 3 amide bonds. The Hall–Kier alpha value is -3.46. The second kappa shape index (κ2) is 12.2. The highest BCUT2D eigenvalue weighted by molar-refractivity contribution is 6.00. The molecule has 39 heavy (non-hydrogen) atoms. The van der Waals surface area contributed by atoms with Crippen molar-refractivity contribution in [2.45, 2.75) is 76.2 Å². The number of nitrogens with one attached hydrogen (secondary N) is 2. The molecule has 2 N–H and O–H groups in total. The Labute approximate surface area is 228 Å². The van der Waals surface area contributed by atoms with E-state index in [0.717, 1.165) is 25.7 Å². The van der Waals surface area contributed by atoms with Crippen LogP contribution in [-0.4, -0.2) is 54.5 Å². The van der Waals surface area contributed by atoms with E-state index < -0.39 is 6.10 Å². The Bertz CT molecular complexity index is 1210. The van der Waals surface area contributed by atoms with E-state index in [9.17, 15) is 18.8 Å². The van der Waals surface area contributed by atoms with Crippen molar-refractivity contribution in [3.63, 3.8) is 0 Å². The number of carbonyl (C=O) groups excluding carboxylic acids is 3. The monoisotopic (exact) mass is 537 g/mol. The van der Waals surface area contributed by atoms with Gasteiger partial charge in [-0.15, -0.1) is 0 Å². The Morgan fingerprint density at radius 2 is 1.85 bits per heavy atom. The molecule has 0 radical (unpaired) electrons. The minimum Gasteiger partial charge on any atom is -0.490 e. The molecule has 9 heteroatoms. The van der Waals surface area contributed by atoms with Gasteiger partial charge < -0.3 is 25.0 Å². The van der Waals surface area contributed by atoms with Gasteiger partial charge in [-0.1, -0.05) is 37.5 Å². The predicted octanol–water partition coefficient (Wildman–Crippen LogP) is 4.43. The highest BCUT2D eigenvalue weighted by Gasteiger charge is 2.39. The van der Waals surface area contributed by atoms with Crippen LogP contribution in [0.2, 0.25) is 0 Å². The zero-order valence-corrected chi connectivity index (χ0v) is 22.3. The average molecular weight is 538 g/mol. The first kappa shape index (κ1) is 27.1. The molecule has 3 atom stereocenters. The molecule has 2 fully saturated rings. The third-order valence-electron chi connectivity index (χ3n) is 8.10. The van der Waals surface area contributed by atoms with Gasteiger partial charge in [-0.2, -0.15) is 0 Å². The van der Waals surface area contributed by atoms with Crippen molar-refractivity contribution in [3.05, 3.63) is 59.4 Å². The molecule has 2 aliphatic heterocycles. The Morgan fingerprint density at radius 1 is 1.05 bits per heavy atom. The van der Waals surface area contributed by atoms with Gasteiger partial charge in [0.2, 0.25) is 11.8 Å². The number of amides is 3. The second-order valence-electron chi connectivity index (χ2n) is 10.8. The molecule has 2 heterocycles. The van der Waals surface area contributed by atoms with Crippen molar-refractivity contribution in [3.8, 4) is 5.75 Å². The number of anilines is 1. The van der Waals surface area contributed by atoms with Crippen LogP contribution in [0.1, 0.15) is 67.3 Å². The minimum atomic E-state index is -0.393. The van der Waals surface area contributed by atoms with E-state index in [1.807, 2.05) is 0 Å². The molecule has 1 aliphatic carbocycles. The summed E-state index contributed by atoms with van der Waals surface area (Å²) in [5.41, 5.74) is 1.43. The van der Waals surface area contributed by atoms with Gasteiger partial charge in [0.25, 0.3) is 5.91 Å². The molecule has 0 bridgehead atoms. The van der Waals surface area contributed by atoms with Crippen LogP contribution in [0.15, 0.2) is 42.5 Å². The first-order valence-corrected chi connectivity index (χ1v) is 13.9. The molecule has 0 spiro atoms. The van der Waals surface area contributed by atoms with Gasteiger partial charge in [0.1, 0.15) is 24.3 Å². The highest BCUT2D eigenvalue weighted by atomic mass is 19.1. The van der Waals surface area contributed by atoms with Gasteiger partial charge in [0, 0.05) is 30.8 Å². The van der Waals surface area contributed by atoms with Crippen LogP contribution < -0.4 is 15.4 Å². The number of rotatable bonds is 6. The SMILES string of the molecule is CN1C(=O)c2cc(NC(=O)C3CCCCC3)ccc2OC[C@H]2O[C@H](CC(=O)NCc3ccccc3F)CC[C@H]21. The van der Waals surface area contributed by atoms with Crippen molar-refractivity contribution >= 4 is 23.4 Å². The van der Waals surface area contributed by atoms with E-state index in [1.54, 1.807) is 48.3 Å². The fraction of sp³-hybridized carbons (Fsp3) is 0.500. The average Bonchev–Trinajstić information content (AvgIpc) is 2.95. The smallest absolute Gasteiger partial charge is 0.257 e. The zero-order chi connectivity index (χ0) is 27.4. The van der Waals surface area contributed by atoms with Crippen molar-refractivity contribution in [1.29, 1.82) is 0 Å². The lowest BCUT2D eigenvalue weighted by Gasteiger charge is -2.42. The van der Waals surface area contributed by atoms with Crippen molar-refractivity contribution < 1.29 is 28.2 Å². The van der Waals surface area contributed by atoms with Crippen LogP contribution in [0.25, 0.3) is 0 Å². The summed E-state index contributed by atoms with van der Waals surface area (Å²) in [5.74, 6) is -0.302. The van der Waals surface area contributed by atoms with Crippen LogP contribution in [0.4, 0.5) is 10.1 Å². The number of hydrogen-bond donors (Lipinski definition) is 2. The van der Waals surface area contributed by atoms with E-state index in [4.69, 9.17) is 9.47 Å². The van der Waals surface area contributed by atoms with E-state index in [1.165, 1.54) is 12.5 Å². The molecule has 0 aromatic heterocycles. The predicted molar refractivity (Wildman–Crippen MR) is 144 cm³/mol. The summed E-state index contributed by atoms with van der Waals surface area (Å²) in [6.07, 6.45) is 5.83. The maximum atomic E-state index is 13.8. The van der Waals surface area contributed by atoms with E-state index in [-0.39, 0.29) is 61.2 Å². The summed E-state index contributed by atoms with van der Waals surface area (Å²) in [6, 6.07) is 11.3. The van der Waals surface area contributed by atoms with Crippen LogP contribution in [0.5, 0.6) is 5.75 Å². The summed E-state index contributed by atoms with van der Waals surface area (Å²) in [4.78, 5) is 40.4. The summed E-state index contributed by atoms with van der Waals surface area (Å²) < 4.78 is 26.1. The van der Waals surface area contributed by atoms with Crippen molar-refractivity contribution in [2.75, 3.05) is 19.0 Å². The normalized spacial score (nSPS) is 23.5. The number of fused-ring (bicyclic) bond motifs is 2. The van der Waals surface area contributed by atoms with Crippen LogP contribution in [-0.2, 0) is 20.9 Å². The molecule has 8 nitrogen and oxygen atoms in total. The van der Waals surface area contributed by atoms with Crippen LogP contribution in [0.3, 0.4) is 0 Å². The number of benzene rings is 2. The van der Waals surface area contributed by atoms with E-state index >= 15 is 0 Å². The number of hydrogen-bond acceptors (Lipinski definition) is 5. The molecule has 208 valence electrons. The Kier molecular flexibility index (Phi) is 8.45. The molecule has 2 aromatic carbocycles. The standard InChI is InChI=1S/C30H36FN3O5/c1-34-25-13-12-22(16-28(35)32-17-20-9-5-6-10-24(20)31)39-27(25)18-38-26-14-11-21(15-23(26)30(34)37)33-29(36)19-7-3-2-4-8-19/h5-6,9-11,14-15,19,22,25,27H,2-4,7-8,12-13,16-18H2,1H3,(H,32,35)(H,33,36)/t22-,25+,27+/m0/s1. The maximum Gasteiger partial charge on any atom is 0.257 e. The third-order valence-corrected chi connectivity index (χ3v) is 8.10. The number of ether oxygens (including phenoxy) is 2. The molecule has 2 aromatic rings. The van der Waals surface area contributed by atoms with E-state index in [2.05, 4.69) is 10.6 Å². The summed E-state index contributed by atoms with van der Waals surface area (Å²) >= 11 is 0. The van der Waals surface area contributed by atoms with Crippen molar-refractivity contribution in [1.82, 2.24) is 10.2 Å². The summed E-state index contributed by atoms with van der Waals surface area (Å²) in [7, 11) is 1.76. The molecule has 5 rings (SSSR count). The maximum absolute atomic E-state index is 13.8. The largest absolute Gasteiger partial charge is 0.490 e. The van der Waals surface area contributed by atoms with Crippen molar-refractivity contribution in [2.24, 2.45) is 5.92 Å². The molecule has 0 unspecified atom stereocenters. The number of likely N-dealkylation sites (N-methyl/N-ethyl adjacent to an activating group) is 1.